The molecule has 3 unspecified atom stereocenters. The molecule has 10 heteroatoms. The Kier molecular flexibility index (Phi) is 11.6. The van der Waals surface area contributed by atoms with Gasteiger partial charge in [-0.2, -0.15) is 26.3 Å². The molecule has 4 nitrogen and oxygen atoms in total. The highest BCUT2D eigenvalue weighted by Gasteiger charge is 2.51. The summed E-state index contributed by atoms with van der Waals surface area (Å²) in [5, 5.41) is 0. The third-order valence-corrected chi connectivity index (χ3v) is 9.26. The summed E-state index contributed by atoms with van der Waals surface area (Å²) in [6.45, 7) is 3.52. The van der Waals surface area contributed by atoms with Crippen molar-refractivity contribution in [3.63, 3.8) is 0 Å². The van der Waals surface area contributed by atoms with Crippen LogP contribution in [0.5, 0.6) is 0 Å². The summed E-state index contributed by atoms with van der Waals surface area (Å²) in [5.41, 5.74) is 0. The number of hydrogen-bond donors (Lipinski definition) is 0. The molecular weight excluding hydrogens is 508 g/mol. The maximum atomic E-state index is 13.6. The van der Waals surface area contributed by atoms with E-state index in [1.165, 1.54) is 32.1 Å². The van der Waals surface area contributed by atoms with Crippen LogP contribution in [0.1, 0.15) is 83.5 Å². The van der Waals surface area contributed by atoms with E-state index in [1.54, 1.807) is 11.9 Å². The number of rotatable bonds is 6. The maximum Gasteiger partial charge on any atom is 0.391 e. The number of carbonyl (C=O) groups excluding carboxylic acids is 1. The molecule has 3 saturated carbocycles. The lowest BCUT2D eigenvalue weighted by molar-refractivity contribution is -0.229. The zero-order valence-electron chi connectivity index (χ0n) is 23.1. The molecule has 0 spiro atoms. The van der Waals surface area contributed by atoms with Crippen molar-refractivity contribution in [2.45, 2.75) is 102 Å². The van der Waals surface area contributed by atoms with Crippen molar-refractivity contribution in [2.75, 3.05) is 46.8 Å². The van der Waals surface area contributed by atoms with E-state index in [2.05, 4.69) is 9.80 Å². The molecule has 4 aliphatic rings. The second kappa shape index (κ2) is 14.0. The van der Waals surface area contributed by atoms with Crippen molar-refractivity contribution in [3.05, 3.63) is 0 Å². The first-order valence-corrected chi connectivity index (χ1v) is 14.7. The smallest absolute Gasteiger partial charge is 0.344 e. The third-order valence-electron chi connectivity index (χ3n) is 9.26. The average molecular weight is 556 g/mol. The predicted molar refractivity (Wildman–Crippen MR) is 137 cm³/mol. The summed E-state index contributed by atoms with van der Waals surface area (Å²) in [7, 11) is 3.70. The van der Waals surface area contributed by atoms with Crippen molar-refractivity contribution in [2.24, 2.45) is 23.7 Å². The molecule has 4 fully saturated rings. The van der Waals surface area contributed by atoms with E-state index < -0.39 is 36.5 Å². The fourth-order valence-corrected chi connectivity index (χ4v) is 6.38. The maximum absolute atomic E-state index is 13.6. The monoisotopic (exact) mass is 555 g/mol. The van der Waals surface area contributed by atoms with Gasteiger partial charge in [0.1, 0.15) is 0 Å². The average Bonchev–Trinajstić information content (AvgIpc) is 2.82. The van der Waals surface area contributed by atoms with Crippen LogP contribution < -0.4 is 0 Å². The van der Waals surface area contributed by atoms with Crippen LogP contribution in [0.3, 0.4) is 0 Å². The number of nitrogens with zero attached hydrogens (tertiary/aromatic N) is 3. The quantitative estimate of drug-likeness (QED) is 0.339. The van der Waals surface area contributed by atoms with Gasteiger partial charge in [0, 0.05) is 39.8 Å². The Balaban J connectivity index is 0.000000912. The molecule has 0 aromatic heterocycles. The summed E-state index contributed by atoms with van der Waals surface area (Å²) in [4.78, 5) is 19.6. The van der Waals surface area contributed by atoms with E-state index in [0.717, 1.165) is 51.9 Å². The topological polar surface area (TPSA) is 26.8 Å². The normalized spacial score (nSPS) is 29.1. The molecule has 3 atom stereocenters. The van der Waals surface area contributed by atoms with Crippen LogP contribution in [-0.2, 0) is 4.79 Å². The molecule has 3 aliphatic carbocycles. The Morgan fingerprint density at radius 2 is 1.26 bits per heavy atom. The van der Waals surface area contributed by atoms with E-state index in [1.807, 2.05) is 7.05 Å². The Labute approximate surface area is 224 Å². The molecule has 0 N–H and O–H groups in total. The minimum atomic E-state index is -4.63. The van der Waals surface area contributed by atoms with Gasteiger partial charge < -0.3 is 9.80 Å². The Bertz CT molecular complexity index is 686. The van der Waals surface area contributed by atoms with Crippen LogP contribution >= 0.6 is 0 Å². The lowest BCUT2D eigenvalue weighted by Gasteiger charge is -2.43. The highest BCUT2D eigenvalue weighted by Crippen LogP contribution is 2.48. The van der Waals surface area contributed by atoms with Gasteiger partial charge in [0.25, 0.3) is 0 Å². The number of likely N-dealkylation sites (N-methyl/N-ethyl adjacent to an activating group) is 2. The number of amides is 1. The first-order valence-electron chi connectivity index (χ1n) is 14.7. The Morgan fingerprint density at radius 1 is 0.789 bits per heavy atom. The van der Waals surface area contributed by atoms with Gasteiger partial charge in [-0.1, -0.05) is 44.9 Å². The first-order chi connectivity index (χ1) is 17.9. The van der Waals surface area contributed by atoms with E-state index in [0.29, 0.717) is 0 Å². The fraction of sp³-hybridized carbons (Fsp3) is 0.964. The highest BCUT2D eigenvalue weighted by molar-refractivity contribution is 5.82. The molecule has 38 heavy (non-hydrogen) atoms. The standard InChI is InChI=1S/C24H39F6N3O.C4H8/c1-31-10-12-33(13-11-31)21(18-6-4-3-5-7-18)22(34)32(2)9-8-17-14-19(23(25,26)27)16-20(15-17)24(28,29)30;1-2-4-3-1/h17-21H,3-16H2,1-2H3;1-4H2. The van der Waals surface area contributed by atoms with Gasteiger partial charge in [0.05, 0.1) is 17.9 Å². The van der Waals surface area contributed by atoms with Crippen LogP contribution in [0, 0.1) is 23.7 Å². The van der Waals surface area contributed by atoms with Crippen molar-refractivity contribution >= 4 is 5.91 Å². The molecule has 1 saturated heterocycles. The van der Waals surface area contributed by atoms with Gasteiger partial charge in [-0.3, -0.25) is 9.69 Å². The molecule has 0 bridgehead atoms. The Morgan fingerprint density at radius 3 is 1.71 bits per heavy atom. The molecule has 1 amide bonds. The summed E-state index contributed by atoms with van der Waals surface area (Å²) in [6.07, 6.45) is 0.766. The first kappa shape index (κ1) is 31.5. The molecule has 4 rings (SSSR count). The van der Waals surface area contributed by atoms with Gasteiger partial charge in [-0.15, -0.1) is 0 Å². The molecule has 1 aliphatic heterocycles. The molecule has 0 aromatic carbocycles. The van der Waals surface area contributed by atoms with E-state index in [-0.39, 0.29) is 43.7 Å². The Hall–Kier alpha value is -1.03. The highest BCUT2D eigenvalue weighted by atomic mass is 19.4. The van der Waals surface area contributed by atoms with Gasteiger partial charge in [0.15, 0.2) is 0 Å². The number of piperazine rings is 1. The van der Waals surface area contributed by atoms with Gasteiger partial charge >= 0.3 is 12.4 Å². The number of halogens is 6. The third kappa shape index (κ3) is 9.27. The van der Waals surface area contributed by atoms with Crippen LogP contribution in [0.25, 0.3) is 0 Å². The van der Waals surface area contributed by atoms with Crippen LogP contribution in [0.15, 0.2) is 0 Å². The van der Waals surface area contributed by atoms with Crippen molar-refractivity contribution in [3.8, 4) is 0 Å². The second-order valence-corrected chi connectivity index (χ2v) is 12.2. The summed E-state index contributed by atoms with van der Waals surface area (Å²) < 4.78 is 79.8. The minimum absolute atomic E-state index is 0.0352. The number of carbonyl (C=O) groups is 1. The number of alkyl halides is 6. The largest absolute Gasteiger partial charge is 0.391 e. The summed E-state index contributed by atoms with van der Waals surface area (Å²) in [6, 6.07) is -0.254. The van der Waals surface area contributed by atoms with E-state index in [4.69, 9.17) is 0 Å². The lowest BCUT2D eigenvalue weighted by Crippen LogP contribution is -2.57. The summed E-state index contributed by atoms with van der Waals surface area (Å²) >= 11 is 0. The van der Waals surface area contributed by atoms with Crippen molar-refractivity contribution in [1.29, 1.82) is 0 Å². The van der Waals surface area contributed by atoms with E-state index >= 15 is 0 Å². The van der Waals surface area contributed by atoms with Crippen LogP contribution in [-0.4, -0.2) is 85.8 Å². The van der Waals surface area contributed by atoms with Gasteiger partial charge in [-0.25, -0.2) is 0 Å². The van der Waals surface area contributed by atoms with Crippen molar-refractivity contribution in [1.82, 2.24) is 14.7 Å². The summed E-state index contributed by atoms with van der Waals surface area (Å²) in [5.74, 6) is -4.34. The molecule has 0 aromatic rings. The molecular formula is C28H47F6N3O. The zero-order valence-corrected chi connectivity index (χ0v) is 23.1. The predicted octanol–water partition coefficient (Wildman–Crippen LogP) is 6.75. The van der Waals surface area contributed by atoms with E-state index in [9.17, 15) is 31.1 Å². The second-order valence-electron chi connectivity index (χ2n) is 12.2. The molecule has 1 heterocycles. The zero-order chi connectivity index (χ0) is 27.9. The van der Waals surface area contributed by atoms with Crippen LogP contribution in [0.4, 0.5) is 26.3 Å². The van der Waals surface area contributed by atoms with Crippen molar-refractivity contribution < 1.29 is 31.1 Å². The van der Waals surface area contributed by atoms with Crippen LogP contribution in [0.2, 0.25) is 0 Å². The molecule has 0 radical (unpaired) electrons. The SMILES string of the molecule is C1CCC1.CN1CCN(C(C(=O)N(C)CCC2CC(C(F)(F)F)CC(C(F)(F)F)C2)C2CCCCC2)CC1. The minimum Gasteiger partial charge on any atom is -0.344 e. The number of hydrogen-bond acceptors (Lipinski definition) is 3. The fourth-order valence-electron chi connectivity index (χ4n) is 6.38. The van der Waals surface area contributed by atoms with Gasteiger partial charge in [0.2, 0.25) is 5.91 Å². The molecule has 222 valence electrons. The van der Waals surface area contributed by atoms with Gasteiger partial charge in [-0.05, 0) is 57.4 Å². The lowest BCUT2D eigenvalue weighted by atomic mass is 9.73.